The van der Waals surface area contributed by atoms with Crippen molar-refractivity contribution in [3.63, 3.8) is 0 Å². The molecule has 5 heteroatoms. The minimum atomic E-state index is -0.190. The van der Waals surface area contributed by atoms with Crippen LogP contribution in [-0.2, 0) is 7.05 Å². The molecule has 0 saturated heterocycles. The molecule has 0 atom stereocenters. The quantitative estimate of drug-likeness (QED) is 0.697. The van der Waals surface area contributed by atoms with Gasteiger partial charge < -0.3 is 10.0 Å². The van der Waals surface area contributed by atoms with E-state index in [1.54, 1.807) is 30.1 Å². The zero-order chi connectivity index (χ0) is 11.3. The van der Waals surface area contributed by atoms with Crippen molar-refractivity contribution in [2.45, 2.75) is 0 Å². The highest BCUT2D eigenvalue weighted by molar-refractivity contribution is 5.92. The number of carbonyl (C=O) groups excluding carboxylic acids is 1. The molecule has 15 heavy (non-hydrogen) atoms. The maximum absolute atomic E-state index is 11.8. The van der Waals surface area contributed by atoms with Crippen molar-refractivity contribution in [2.24, 2.45) is 7.05 Å². The molecule has 0 saturated carbocycles. The molecule has 0 spiro atoms. The SMILES string of the molecule is C=CCN(CCO)C(=O)c1ccn(C)n1. The van der Waals surface area contributed by atoms with E-state index in [0.717, 1.165) is 0 Å². The van der Waals surface area contributed by atoms with Gasteiger partial charge in [0.15, 0.2) is 0 Å². The number of aliphatic hydroxyl groups excluding tert-OH is 1. The van der Waals surface area contributed by atoms with Crippen molar-refractivity contribution in [1.82, 2.24) is 14.7 Å². The highest BCUT2D eigenvalue weighted by atomic mass is 16.3. The van der Waals surface area contributed by atoms with Gasteiger partial charge in [0.1, 0.15) is 5.69 Å². The monoisotopic (exact) mass is 209 g/mol. The molecular formula is C10H15N3O2. The predicted molar refractivity (Wildman–Crippen MR) is 56.4 cm³/mol. The molecule has 1 rings (SSSR count). The number of hydrogen-bond donors (Lipinski definition) is 1. The Morgan fingerprint density at radius 2 is 2.53 bits per heavy atom. The van der Waals surface area contributed by atoms with Gasteiger partial charge in [-0.3, -0.25) is 9.48 Å². The Morgan fingerprint density at radius 1 is 1.80 bits per heavy atom. The van der Waals surface area contributed by atoms with Crippen LogP contribution in [0.4, 0.5) is 0 Å². The number of aromatic nitrogens is 2. The number of rotatable bonds is 5. The molecule has 1 amide bonds. The van der Waals surface area contributed by atoms with Gasteiger partial charge in [0.05, 0.1) is 6.61 Å². The molecule has 1 N–H and O–H groups in total. The average Bonchev–Trinajstić information content (AvgIpc) is 2.63. The van der Waals surface area contributed by atoms with Gasteiger partial charge in [0.2, 0.25) is 0 Å². The van der Waals surface area contributed by atoms with Crippen molar-refractivity contribution in [2.75, 3.05) is 19.7 Å². The van der Waals surface area contributed by atoms with Crippen LogP contribution in [0.1, 0.15) is 10.5 Å². The van der Waals surface area contributed by atoms with E-state index in [2.05, 4.69) is 11.7 Å². The van der Waals surface area contributed by atoms with Gasteiger partial charge in [-0.2, -0.15) is 5.10 Å². The molecule has 0 unspecified atom stereocenters. The molecule has 0 fully saturated rings. The number of hydrogen-bond acceptors (Lipinski definition) is 3. The molecule has 0 radical (unpaired) electrons. The van der Waals surface area contributed by atoms with Gasteiger partial charge in [-0.05, 0) is 6.07 Å². The van der Waals surface area contributed by atoms with E-state index >= 15 is 0 Å². The van der Waals surface area contributed by atoms with E-state index < -0.39 is 0 Å². The molecule has 5 nitrogen and oxygen atoms in total. The van der Waals surface area contributed by atoms with Crippen LogP contribution >= 0.6 is 0 Å². The zero-order valence-corrected chi connectivity index (χ0v) is 8.76. The normalized spacial score (nSPS) is 10.0. The molecule has 0 aromatic carbocycles. The Kier molecular flexibility index (Phi) is 4.05. The lowest BCUT2D eigenvalue weighted by molar-refractivity contribution is 0.0736. The number of carbonyl (C=O) groups is 1. The molecule has 0 aliphatic heterocycles. The molecule has 0 aliphatic rings. The summed E-state index contributed by atoms with van der Waals surface area (Å²) >= 11 is 0. The predicted octanol–water partition coefficient (Wildman–Crippen LogP) is 0.0406. The summed E-state index contributed by atoms with van der Waals surface area (Å²) in [5.41, 5.74) is 0.382. The number of amides is 1. The minimum Gasteiger partial charge on any atom is -0.395 e. The third-order valence-corrected chi connectivity index (χ3v) is 1.94. The second-order valence-corrected chi connectivity index (χ2v) is 3.14. The Morgan fingerprint density at radius 3 is 3.00 bits per heavy atom. The summed E-state index contributed by atoms with van der Waals surface area (Å²) < 4.78 is 1.57. The molecular weight excluding hydrogens is 194 g/mol. The molecule has 82 valence electrons. The molecule has 0 bridgehead atoms. The first kappa shape index (κ1) is 11.5. The van der Waals surface area contributed by atoms with Crippen molar-refractivity contribution < 1.29 is 9.90 Å². The lowest BCUT2D eigenvalue weighted by Crippen LogP contribution is -2.34. The number of aliphatic hydroxyl groups is 1. The van der Waals surface area contributed by atoms with Crippen molar-refractivity contribution in [3.8, 4) is 0 Å². The number of nitrogens with zero attached hydrogens (tertiary/aromatic N) is 3. The Balaban J connectivity index is 2.75. The van der Waals surface area contributed by atoms with Crippen LogP contribution < -0.4 is 0 Å². The van der Waals surface area contributed by atoms with Gasteiger partial charge in [0, 0.05) is 26.3 Å². The molecule has 1 aromatic rings. The summed E-state index contributed by atoms with van der Waals surface area (Å²) in [4.78, 5) is 13.3. The Hall–Kier alpha value is -1.62. The van der Waals surface area contributed by atoms with Crippen LogP contribution in [0.25, 0.3) is 0 Å². The first-order valence-electron chi connectivity index (χ1n) is 4.69. The fraction of sp³-hybridized carbons (Fsp3) is 0.400. The third-order valence-electron chi connectivity index (χ3n) is 1.94. The fourth-order valence-corrected chi connectivity index (χ4v) is 1.24. The van der Waals surface area contributed by atoms with Crippen molar-refractivity contribution in [1.29, 1.82) is 0 Å². The molecule has 0 aliphatic carbocycles. The van der Waals surface area contributed by atoms with Gasteiger partial charge in [-0.15, -0.1) is 6.58 Å². The van der Waals surface area contributed by atoms with Gasteiger partial charge in [-0.25, -0.2) is 0 Å². The lowest BCUT2D eigenvalue weighted by Gasteiger charge is -2.18. The fourth-order valence-electron chi connectivity index (χ4n) is 1.24. The topological polar surface area (TPSA) is 58.4 Å². The lowest BCUT2D eigenvalue weighted by atomic mass is 10.3. The summed E-state index contributed by atoms with van der Waals surface area (Å²) in [6.07, 6.45) is 3.33. The second-order valence-electron chi connectivity index (χ2n) is 3.14. The Bertz CT molecular complexity index is 346. The highest BCUT2D eigenvalue weighted by Gasteiger charge is 2.15. The van der Waals surface area contributed by atoms with E-state index in [-0.39, 0.29) is 12.5 Å². The van der Waals surface area contributed by atoms with E-state index in [0.29, 0.717) is 18.8 Å². The van der Waals surface area contributed by atoms with Crippen LogP contribution in [0.15, 0.2) is 24.9 Å². The van der Waals surface area contributed by atoms with E-state index in [1.807, 2.05) is 0 Å². The van der Waals surface area contributed by atoms with Crippen LogP contribution in [-0.4, -0.2) is 45.4 Å². The second kappa shape index (κ2) is 5.31. The van der Waals surface area contributed by atoms with Crippen LogP contribution in [0.2, 0.25) is 0 Å². The average molecular weight is 209 g/mol. The van der Waals surface area contributed by atoms with Crippen LogP contribution in [0.3, 0.4) is 0 Å². The first-order valence-corrected chi connectivity index (χ1v) is 4.69. The zero-order valence-electron chi connectivity index (χ0n) is 8.76. The number of aryl methyl sites for hydroxylation is 1. The van der Waals surface area contributed by atoms with Crippen LogP contribution in [0.5, 0.6) is 0 Å². The standard InChI is InChI=1S/C10H15N3O2/c1-3-5-13(7-8-14)10(15)9-4-6-12(2)11-9/h3-4,6,14H,1,5,7-8H2,2H3. The summed E-state index contributed by atoms with van der Waals surface area (Å²) in [7, 11) is 1.75. The highest BCUT2D eigenvalue weighted by Crippen LogP contribution is 2.01. The van der Waals surface area contributed by atoms with E-state index in [1.165, 1.54) is 4.90 Å². The third kappa shape index (κ3) is 2.92. The van der Waals surface area contributed by atoms with E-state index in [4.69, 9.17) is 5.11 Å². The minimum absolute atomic E-state index is 0.0631. The largest absolute Gasteiger partial charge is 0.395 e. The summed E-state index contributed by atoms with van der Waals surface area (Å²) in [5, 5.41) is 12.8. The Labute approximate surface area is 88.6 Å². The van der Waals surface area contributed by atoms with Gasteiger partial charge >= 0.3 is 0 Å². The van der Waals surface area contributed by atoms with E-state index in [9.17, 15) is 4.79 Å². The van der Waals surface area contributed by atoms with Gasteiger partial charge in [-0.1, -0.05) is 6.08 Å². The maximum Gasteiger partial charge on any atom is 0.274 e. The summed E-state index contributed by atoms with van der Waals surface area (Å²) in [6, 6.07) is 1.65. The van der Waals surface area contributed by atoms with Crippen molar-refractivity contribution >= 4 is 5.91 Å². The van der Waals surface area contributed by atoms with Gasteiger partial charge in [0.25, 0.3) is 5.91 Å². The molecule has 1 aromatic heterocycles. The smallest absolute Gasteiger partial charge is 0.274 e. The maximum atomic E-state index is 11.8. The van der Waals surface area contributed by atoms with Crippen molar-refractivity contribution in [3.05, 3.63) is 30.6 Å². The molecule has 1 heterocycles. The summed E-state index contributed by atoms with van der Waals surface area (Å²) in [5.74, 6) is -0.190. The first-order chi connectivity index (χ1) is 7.19. The summed E-state index contributed by atoms with van der Waals surface area (Å²) in [6.45, 7) is 4.21. The van der Waals surface area contributed by atoms with Crippen LogP contribution in [0, 0.1) is 0 Å².